The molecule has 18 heteroatoms. The van der Waals surface area contributed by atoms with E-state index >= 15 is 0 Å². The van der Waals surface area contributed by atoms with Gasteiger partial charge >= 0.3 is 27.6 Å². The fraction of sp³-hybridized carbons (Fsp3) is 0.867. The van der Waals surface area contributed by atoms with Crippen LogP contribution < -0.4 is 0 Å². The summed E-state index contributed by atoms with van der Waals surface area (Å²) < 4.78 is 47.9. The van der Waals surface area contributed by atoms with Crippen molar-refractivity contribution in [2.45, 2.75) is 205 Å². The lowest BCUT2D eigenvalue weighted by Gasteiger charge is -2.20. The Balaban J connectivity index is 2.54. The van der Waals surface area contributed by atoms with Gasteiger partial charge in [-0.15, -0.1) is 0 Å². The number of carbonyl (C=O) groups is 2. The van der Waals surface area contributed by atoms with Crippen molar-refractivity contribution in [3.05, 3.63) is 24.3 Å². The molecule has 63 heavy (non-hydrogen) atoms. The maximum Gasteiger partial charge on any atom is 0.472 e. The number of hydrogen-bond acceptors (Lipinski definition) is 13. The van der Waals surface area contributed by atoms with Crippen LogP contribution >= 0.6 is 15.6 Å². The van der Waals surface area contributed by atoms with E-state index in [1.165, 1.54) is 64.2 Å². The van der Waals surface area contributed by atoms with Crippen molar-refractivity contribution >= 4 is 27.6 Å². The summed E-state index contributed by atoms with van der Waals surface area (Å²) in [6, 6.07) is 0. The minimum Gasteiger partial charge on any atom is -0.462 e. The van der Waals surface area contributed by atoms with Crippen LogP contribution in [0.3, 0.4) is 0 Å². The first-order valence-electron chi connectivity index (χ1n) is 23.6. The first-order chi connectivity index (χ1) is 29.9. The zero-order valence-electron chi connectivity index (χ0n) is 38.4. The Labute approximate surface area is 377 Å². The highest BCUT2D eigenvalue weighted by Crippen LogP contribution is 2.44. The monoisotopic (exact) mass is 943 g/mol. The Kier molecular flexibility index (Phi) is 33.7. The zero-order valence-corrected chi connectivity index (χ0v) is 40.2. The maximum atomic E-state index is 12.8. The van der Waals surface area contributed by atoms with Gasteiger partial charge in [0.15, 0.2) is 6.10 Å². The normalized spacial score (nSPS) is 20.7. The number of ether oxygens (including phenoxy) is 2. The van der Waals surface area contributed by atoms with Crippen molar-refractivity contribution in [1.82, 2.24) is 0 Å². The number of phosphoric acid groups is 2. The number of unbranched alkanes of at least 4 members (excludes halogenated alkanes) is 15. The van der Waals surface area contributed by atoms with Crippen LogP contribution in [0.15, 0.2) is 24.3 Å². The highest BCUT2D eigenvalue weighted by atomic mass is 31.2. The standard InChI is InChI=1S/C45H84O16P2/c1-4-5-19-25-37(46)29-30-41-40(42(48)31-43(41)49)26-21-17-18-23-28-45(51)61-39(35-60-63(55,56)59-33-38(47)32-58-62(52,53)54)34-57-44(50)27-22-16-14-12-10-8-6-7-9-11-13-15-20-24-36(2)3/h17,21,29-30,36-43,46-49H,4-16,18-20,22-28,31-35H2,1-3H3,(H,55,56)(H2,52,53,54)/b21-17+,30-29+/t37-,38-,39+,40+,41+,42-,43+/m0/s1. The molecule has 0 bridgehead atoms. The maximum absolute atomic E-state index is 12.8. The van der Waals surface area contributed by atoms with Crippen molar-refractivity contribution in [2.24, 2.45) is 17.8 Å². The number of aliphatic hydroxyl groups excluding tert-OH is 4. The van der Waals surface area contributed by atoms with Crippen molar-refractivity contribution in [3.8, 4) is 0 Å². The summed E-state index contributed by atoms with van der Waals surface area (Å²) in [4.78, 5) is 53.0. The van der Waals surface area contributed by atoms with E-state index in [0.29, 0.717) is 32.1 Å². The average molecular weight is 943 g/mol. The summed E-state index contributed by atoms with van der Waals surface area (Å²) in [7, 11) is -9.77. The molecule has 0 amide bonds. The van der Waals surface area contributed by atoms with Gasteiger partial charge in [-0.1, -0.05) is 148 Å². The van der Waals surface area contributed by atoms with Crippen LogP contribution in [0.1, 0.15) is 175 Å². The fourth-order valence-electron chi connectivity index (χ4n) is 7.41. The third kappa shape index (κ3) is 33.6. The SMILES string of the molecule is CCCCC[C@H](O)/C=C/[C@@H]1[C@@H](C/C=C/CCCC(=O)O[C@H](COC(=O)CCCCCCCCCCCCCCCC(C)C)COP(=O)(O)OC[C@@H](O)COP(=O)(O)O)[C@@H](O)C[C@H]1O. The van der Waals surface area contributed by atoms with Crippen molar-refractivity contribution in [3.63, 3.8) is 0 Å². The Morgan fingerprint density at radius 1 is 0.667 bits per heavy atom. The molecule has 16 nitrogen and oxygen atoms in total. The van der Waals surface area contributed by atoms with Gasteiger partial charge < -0.3 is 44.6 Å². The van der Waals surface area contributed by atoms with E-state index in [1.54, 1.807) is 12.2 Å². The lowest BCUT2D eigenvalue weighted by Crippen LogP contribution is -2.29. The van der Waals surface area contributed by atoms with Crippen LogP contribution in [0.25, 0.3) is 0 Å². The summed E-state index contributed by atoms with van der Waals surface area (Å²) >= 11 is 0. The number of carbonyl (C=O) groups excluding carboxylic acids is 2. The van der Waals surface area contributed by atoms with Gasteiger partial charge in [-0.05, 0) is 43.9 Å². The molecule has 1 aliphatic rings. The van der Waals surface area contributed by atoms with Crippen molar-refractivity contribution in [2.75, 3.05) is 26.4 Å². The van der Waals surface area contributed by atoms with Crippen LogP contribution in [-0.4, -0.2) is 104 Å². The second-order valence-electron chi connectivity index (χ2n) is 17.5. The number of aliphatic hydroxyl groups is 4. The predicted octanol–water partition coefficient (Wildman–Crippen LogP) is 8.52. The van der Waals surface area contributed by atoms with Gasteiger partial charge in [0.25, 0.3) is 0 Å². The zero-order chi connectivity index (χ0) is 46.9. The van der Waals surface area contributed by atoms with E-state index in [1.807, 2.05) is 12.2 Å². The largest absolute Gasteiger partial charge is 0.472 e. The molecule has 1 fully saturated rings. The van der Waals surface area contributed by atoms with Gasteiger partial charge in [0.05, 0.1) is 38.1 Å². The van der Waals surface area contributed by atoms with Crippen LogP contribution in [0.4, 0.5) is 0 Å². The molecule has 0 saturated heterocycles. The van der Waals surface area contributed by atoms with Crippen molar-refractivity contribution < 1.29 is 76.9 Å². The molecule has 0 spiro atoms. The molecular formula is C45H84O16P2. The average Bonchev–Trinajstić information content (AvgIpc) is 3.49. The molecule has 1 unspecified atom stereocenters. The fourth-order valence-corrected chi connectivity index (χ4v) is 8.57. The predicted molar refractivity (Wildman–Crippen MR) is 241 cm³/mol. The number of phosphoric ester groups is 2. The third-order valence-corrected chi connectivity index (χ3v) is 12.5. The molecule has 1 saturated carbocycles. The van der Waals surface area contributed by atoms with Gasteiger partial charge in [0.1, 0.15) is 12.7 Å². The van der Waals surface area contributed by atoms with E-state index in [-0.39, 0.29) is 31.1 Å². The van der Waals surface area contributed by atoms with Gasteiger partial charge in [-0.2, -0.15) is 0 Å². The Morgan fingerprint density at radius 3 is 1.83 bits per heavy atom. The molecule has 1 rings (SSSR count). The van der Waals surface area contributed by atoms with Gasteiger partial charge in [0.2, 0.25) is 0 Å². The molecule has 0 aromatic carbocycles. The number of esters is 2. The topological polar surface area (TPSA) is 256 Å². The van der Waals surface area contributed by atoms with Gasteiger partial charge in [0, 0.05) is 25.2 Å². The molecule has 8 atom stereocenters. The lowest BCUT2D eigenvalue weighted by molar-refractivity contribution is -0.161. The molecular weight excluding hydrogens is 858 g/mol. The summed E-state index contributed by atoms with van der Waals surface area (Å²) in [5, 5.41) is 41.1. The van der Waals surface area contributed by atoms with Gasteiger partial charge in [-0.25, -0.2) is 9.13 Å². The quantitative estimate of drug-likeness (QED) is 0.0131. The van der Waals surface area contributed by atoms with Gasteiger partial charge in [-0.3, -0.25) is 23.2 Å². The van der Waals surface area contributed by atoms with E-state index in [0.717, 1.165) is 44.4 Å². The Hall–Kier alpha value is -1.52. The first-order valence-corrected chi connectivity index (χ1v) is 26.7. The first kappa shape index (κ1) is 59.5. The number of rotatable bonds is 40. The van der Waals surface area contributed by atoms with E-state index in [4.69, 9.17) is 23.8 Å². The minimum absolute atomic E-state index is 0.0432. The minimum atomic E-state index is -4.90. The third-order valence-electron chi connectivity index (χ3n) is 11.1. The summed E-state index contributed by atoms with van der Waals surface area (Å²) in [6.07, 6.45) is 24.1. The molecule has 0 aromatic rings. The molecule has 0 radical (unpaired) electrons. The van der Waals surface area contributed by atoms with Crippen LogP contribution in [0, 0.1) is 17.8 Å². The summed E-state index contributed by atoms with van der Waals surface area (Å²) in [6.45, 7) is 3.72. The van der Waals surface area contributed by atoms with E-state index in [2.05, 4.69) is 29.8 Å². The molecule has 7 N–H and O–H groups in total. The Morgan fingerprint density at radius 2 is 1.22 bits per heavy atom. The summed E-state index contributed by atoms with van der Waals surface area (Å²) in [5.74, 6) is -0.939. The van der Waals surface area contributed by atoms with E-state index in [9.17, 15) is 44.0 Å². The number of allylic oxidation sites excluding steroid dienone is 2. The molecule has 0 aromatic heterocycles. The molecule has 0 aliphatic heterocycles. The molecule has 370 valence electrons. The second-order valence-corrected chi connectivity index (χ2v) is 20.2. The smallest absolute Gasteiger partial charge is 0.462 e. The highest BCUT2D eigenvalue weighted by Gasteiger charge is 2.39. The molecule has 1 aliphatic carbocycles. The summed E-state index contributed by atoms with van der Waals surface area (Å²) in [5.41, 5.74) is 0. The van der Waals surface area contributed by atoms with Crippen molar-refractivity contribution in [1.29, 1.82) is 0 Å². The second kappa shape index (κ2) is 35.6. The van der Waals surface area contributed by atoms with Crippen LogP contribution in [0.2, 0.25) is 0 Å². The Bertz CT molecular complexity index is 1340. The lowest BCUT2D eigenvalue weighted by atomic mass is 9.89. The van der Waals surface area contributed by atoms with Crippen LogP contribution in [-0.2, 0) is 41.8 Å². The number of hydrogen-bond donors (Lipinski definition) is 7. The molecule has 0 heterocycles. The van der Waals surface area contributed by atoms with E-state index < -0.39 is 84.5 Å². The van der Waals surface area contributed by atoms with Crippen LogP contribution in [0.5, 0.6) is 0 Å². The highest BCUT2D eigenvalue weighted by molar-refractivity contribution is 7.47.